The topological polar surface area (TPSA) is 133 Å². The van der Waals surface area contributed by atoms with E-state index in [-0.39, 0.29) is 30.9 Å². The molecule has 6 N–H and O–H groups in total. The number of aromatic amines is 1. The molecule has 1 aliphatic rings. The Labute approximate surface area is 191 Å². The van der Waals surface area contributed by atoms with Crippen LogP contribution in [-0.4, -0.2) is 39.3 Å². The minimum Gasteiger partial charge on any atom is -0.506 e. The van der Waals surface area contributed by atoms with Gasteiger partial charge in [-0.3, -0.25) is 4.79 Å². The van der Waals surface area contributed by atoms with E-state index in [0.717, 1.165) is 23.0 Å². The van der Waals surface area contributed by atoms with Crippen molar-refractivity contribution in [2.75, 3.05) is 13.6 Å². The molecule has 0 amide bonds. The van der Waals surface area contributed by atoms with Crippen molar-refractivity contribution in [1.29, 1.82) is 0 Å². The molecule has 0 spiro atoms. The van der Waals surface area contributed by atoms with Gasteiger partial charge in [0.2, 0.25) is 0 Å². The molecule has 10 heteroatoms. The van der Waals surface area contributed by atoms with Crippen LogP contribution in [-0.2, 0) is 13.0 Å². The maximum atomic E-state index is 12.3. The summed E-state index contributed by atoms with van der Waals surface area (Å²) in [5.74, 6) is -1.58. The predicted octanol–water partition coefficient (Wildman–Crippen LogP) is 2.66. The predicted molar refractivity (Wildman–Crippen MR) is 125 cm³/mol. The number of fused-ring (bicyclic) bond motifs is 3. The van der Waals surface area contributed by atoms with E-state index in [2.05, 4.69) is 20.9 Å². The summed E-state index contributed by atoms with van der Waals surface area (Å²) in [5, 5.41) is 24.0. The van der Waals surface area contributed by atoms with E-state index in [9.17, 15) is 19.8 Å². The average molecular weight is 469 g/mol. The van der Waals surface area contributed by atoms with Crippen molar-refractivity contribution in [2.24, 2.45) is 11.7 Å². The number of nitrogens with two attached hydrogens (primary N) is 1. The first kappa shape index (κ1) is 24.7. The molecule has 31 heavy (non-hydrogen) atoms. The molecule has 0 saturated heterocycles. The fourth-order valence-corrected chi connectivity index (χ4v) is 4.50. The van der Waals surface area contributed by atoms with Crippen LogP contribution in [0.5, 0.6) is 5.75 Å². The minimum atomic E-state index is -1.45. The zero-order valence-corrected chi connectivity index (χ0v) is 18.8. The number of nitrogens with zero attached hydrogens (tertiary/aromatic N) is 1. The summed E-state index contributed by atoms with van der Waals surface area (Å²) >= 11 is 0. The van der Waals surface area contributed by atoms with Crippen molar-refractivity contribution in [2.45, 2.75) is 25.9 Å². The zero-order chi connectivity index (χ0) is 20.9. The van der Waals surface area contributed by atoms with E-state index < -0.39 is 22.8 Å². The van der Waals surface area contributed by atoms with Crippen LogP contribution in [0.15, 0.2) is 29.1 Å². The number of pyridine rings is 1. The quantitative estimate of drug-likeness (QED) is 0.390. The summed E-state index contributed by atoms with van der Waals surface area (Å²) in [5.41, 5.74) is 8.30. The Morgan fingerprint density at radius 1 is 1.32 bits per heavy atom. The third-order valence-corrected chi connectivity index (χ3v) is 5.90. The molecule has 2 aromatic heterocycles. The highest BCUT2D eigenvalue weighted by atomic mass is 35.5. The zero-order valence-electron chi connectivity index (χ0n) is 17.1. The Balaban J connectivity index is 0.00000171. The molecule has 4 rings (SSSR count). The van der Waals surface area contributed by atoms with Crippen molar-refractivity contribution >= 4 is 41.7 Å². The first-order valence-corrected chi connectivity index (χ1v) is 9.63. The number of hydrogen-bond acceptors (Lipinski definition) is 5. The SMILES string of the molecule is CCc1c(-c2ccc3c(c2)cc2n3CC(CN)C2NC)[nH]c(=O)c(C(=O)O)c1O.Cl.Cl. The fourth-order valence-electron chi connectivity index (χ4n) is 4.50. The summed E-state index contributed by atoms with van der Waals surface area (Å²) in [6.45, 7) is 3.24. The smallest absolute Gasteiger partial charge is 0.345 e. The number of halogens is 2. The Hall–Kier alpha value is -2.52. The Morgan fingerprint density at radius 2 is 2.03 bits per heavy atom. The number of carboxylic acids is 1. The normalized spacial score (nSPS) is 17.1. The molecule has 0 bridgehead atoms. The second-order valence-electron chi connectivity index (χ2n) is 7.41. The maximum absolute atomic E-state index is 12.3. The van der Waals surface area contributed by atoms with E-state index in [0.29, 0.717) is 30.1 Å². The number of aromatic nitrogens is 2. The maximum Gasteiger partial charge on any atom is 0.345 e. The molecule has 2 atom stereocenters. The number of aromatic hydroxyl groups is 1. The molecule has 8 nitrogen and oxygen atoms in total. The van der Waals surface area contributed by atoms with E-state index in [1.54, 1.807) is 6.92 Å². The number of carbonyl (C=O) groups is 1. The van der Waals surface area contributed by atoms with Gasteiger partial charge in [0.1, 0.15) is 5.75 Å². The van der Waals surface area contributed by atoms with Gasteiger partial charge in [0.15, 0.2) is 5.56 Å². The molecule has 0 radical (unpaired) electrons. The lowest BCUT2D eigenvalue weighted by molar-refractivity contribution is 0.0691. The van der Waals surface area contributed by atoms with E-state index in [1.165, 1.54) is 5.69 Å². The number of nitrogens with one attached hydrogen (secondary N) is 2. The number of hydrogen-bond donors (Lipinski definition) is 5. The van der Waals surface area contributed by atoms with Gasteiger partial charge < -0.3 is 30.8 Å². The fraction of sp³-hybridized carbons (Fsp3) is 0.333. The van der Waals surface area contributed by atoms with Crippen LogP contribution >= 0.6 is 24.8 Å². The van der Waals surface area contributed by atoms with Gasteiger partial charge in [-0.05, 0) is 43.8 Å². The average Bonchev–Trinajstić information content (AvgIpc) is 3.21. The summed E-state index contributed by atoms with van der Waals surface area (Å²) in [4.78, 5) is 26.2. The third-order valence-electron chi connectivity index (χ3n) is 5.90. The lowest BCUT2D eigenvalue weighted by Crippen LogP contribution is -2.27. The summed E-state index contributed by atoms with van der Waals surface area (Å²) in [6, 6.07) is 8.12. The molecule has 0 aliphatic carbocycles. The van der Waals surface area contributed by atoms with Crippen molar-refractivity contribution in [3.8, 4) is 17.0 Å². The molecule has 2 unspecified atom stereocenters. The molecular weight excluding hydrogens is 443 g/mol. The summed E-state index contributed by atoms with van der Waals surface area (Å²) in [7, 11) is 1.93. The number of rotatable bonds is 5. The van der Waals surface area contributed by atoms with Crippen LogP contribution in [0, 0.1) is 5.92 Å². The third kappa shape index (κ3) is 3.80. The molecule has 168 valence electrons. The summed E-state index contributed by atoms with van der Waals surface area (Å²) in [6.07, 6.45) is 0.378. The highest BCUT2D eigenvalue weighted by Crippen LogP contribution is 2.38. The van der Waals surface area contributed by atoms with Gasteiger partial charge in [0.25, 0.3) is 5.56 Å². The second-order valence-corrected chi connectivity index (χ2v) is 7.41. The molecule has 3 aromatic rings. The van der Waals surface area contributed by atoms with Gasteiger partial charge in [-0.15, -0.1) is 24.8 Å². The molecule has 1 aliphatic heterocycles. The standard InChI is InChI=1S/C21H24N4O4.2ClH/c1-3-13-17(24-20(27)16(19(13)26)21(28)29)10-4-5-14-11(6-10)7-15-18(23-2)12(8-22)9-25(14)15;;/h4-7,12,18,23H,3,8-9,22H2,1-2H3,(H,28,29)(H2,24,26,27);2*1H. The van der Waals surface area contributed by atoms with E-state index in [1.807, 2.05) is 25.2 Å². The van der Waals surface area contributed by atoms with Crippen LogP contribution in [0.2, 0.25) is 0 Å². The van der Waals surface area contributed by atoms with Crippen LogP contribution in [0.25, 0.3) is 22.2 Å². The Kier molecular flexibility index (Phi) is 7.44. The van der Waals surface area contributed by atoms with Crippen molar-refractivity contribution in [3.05, 3.63) is 51.4 Å². The van der Waals surface area contributed by atoms with E-state index in [4.69, 9.17) is 5.73 Å². The van der Waals surface area contributed by atoms with Gasteiger partial charge >= 0.3 is 5.97 Å². The molecule has 0 fully saturated rings. The van der Waals surface area contributed by atoms with Gasteiger partial charge in [0, 0.05) is 34.6 Å². The van der Waals surface area contributed by atoms with Crippen molar-refractivity contribution in [1.82, 2.24) is 14.9 Å². The minimum absolute atomic E-state index is 0. The Morgan fingerprint density at radius 3 is 2.61 bits per heavy atom. The second kappa shape index (κ2) is 9.32. The van der Waals surface area contributed by atoms with Gasteiger partial charge in [-0.2, -0.15) is 0 Å². The lowest BCUT2D eigenvalue weighted by Gasteiger charge is -2.16. The van der Waals surface area contributed by atoms with Crippen molar-refractivity contribution < 1.29 is 15.0 Å². The highest BCUT2D eigenvalue weighted by molar-refractivity contribution is 5.93. The Bertz CT molecular complexity index is 1190. The number of aromatic carboxylic acids is 1. The van der Waals surface area contributed by atoms with Crippen molar-refractivity contribution in [3.63, 3.8) is 0 Å². The first-order valence-electron chi connectivity index (χ1n) is 9.63. The highest BCUT2D eigenvalue weighted by Gasteiger charge is 2.32. The van der Waals surface area contributed by atoms with Gasteiger partial charge in [-0.1, -0.05) is 13.0 Å². The number of carboxylic acid groups (broad SMARTS) is 1. The monoisotopic (exact) mass is 468 g/mol. The lowest BCUT2D eigenvalue weighted by atomic mass is 9.98. The largest absolute Gasteiger partial charge is 0.506 e. The molecule has 3 heterocycles. The van der Waals surface area contributed by atoms with Crippen LogP contribution < -0.4 is 16.6 Å². The van der Waals surface area contributed by atoms with Gasteiger partial charge in [0.05, 0.1) is 11.7 Å². The van der Waals surface area contributed by atoms with Crippen LogP contribution in [0.1, 0.15) is 34.6 Å². The molecule has 0 saturated carbocycles. The van der Waals surface area contributed by atoms with Crippen LogP contribution in [0.4, 0.5) is 0 Å². The van der Waals surface area contributed by atoms with Crippen LogP contribution in [0.3, 0.4) is 0 Å². The number of benzene rings is 1. The first-order chi connectivity index (χ1) is 13.9. The molecule has 1 aromatic carbocycles. The van der Waals surface area contributed by atoms with Gasteiger partial charge in [-0.25, -0.2) is 4.79 Å². The summed E-state index contributed by atoms with van der Waals surface area (Å²) < 4.78 is 2.26. The molecular formula is C21H26Cl2N4O4. The number of H-pyrrole nitrogens is 1. The van der Waals surface area contributed by atoms with E-state index >= 15 is 0 Å².